The first-order chi connectivity index (χ1) is 11.9. The van der Waals surface area contributed by atoms with E-state index in [1.807, 2.05) is 6.92 Å². The van der Waals surface area contributed by atoms with Gasteiger partial charge >= 0.3 is 6.03 Å². The van der Waals surface area contributed by atoms with Crippen LogP contribution in [0.15, 0.2) is 0 Å². The Morgan fingerprint density at radius 2 is 2.00 bits per heavy atom. The van der Waals surface area contributed by atoms with E-state index in [1.165, 1.54) is 6.26 Å². The van der Waals surface area contributed by atoms with E-state index in [0.29, 0.717) is 32.6 Å². The van der Waals surface area contributed by atoms with E-state index < -0.39 is 10.0 Å². The molecular weight excluding hydrogens is 344 g/mol. The van der Waals surface area contributed by atoms with Crippen molar-refractivity contribution >= 4 is 16.1 Å². The Labute approximate surface area is 151 Å². The number of likely N-dealkylation sites (tertiary alicyclic amines) is 1. The van der Waals surface area contributed by atoms with Crippen molar-refractivity contribution in [2.75, 3.05) is 65.3 Å². The number of carbonyl (C=O) groups excluding carboxylic acids is 1. The first-order valence-electron chi connectivity index (χ1n) is 9.21. The number of urea groups is 1. The predicted molar refractivity (Wildman–Crippen MR) is 97.1 cm³/mol. The van der Waals surface area contributed by atoms with E-state index in [0.717, 1.165) is 45.7 Å². The number of amides is 2. The molecule has 2 rings (SSSR count). The quantitative estimate of drug-likeness (QED) is 0.653. The lowest BCUT2D eigenvalue weighted by atomic mass is 10.2. The number of carbonyl (C=O) groups is 1. The minimum Gasteiger partial charge on any atom is -0.379 e. The molecule has 0 saturated carbocycles. The van der Waals surface area contributed by atoms with E-state index in [-0.39, 0.29) is 12.1 Å². The highest BCUT2D eigenvalue weighted by atomic mass is 32.2. The van der Waals surface area contributed by atoms with Gasteiger partial charge in [0.25, 0.3) is 0 Å². The highest BCUT2D eigenvalue weighted by Crippen LogP contribution is 2.19. The zero-order valence-corrected chi connectivity index (χ0v) is 16.3. The largest absolute Gasteiger partial charge is 0.379 e. The van der Waals surface area contributed by atoms with Crippen molar-refractivity contribution in [2.45, 2.75) is 32.2 Å². The lowest BCUT2D eigenvalue weighted by Gasteiger charge is -2.30. The van der Waals surface area contributed by atoms with Crippen molar-refractivity contribution in [2.24, 2.45) is 0 Å². The van der Waals surface area contributed by atoms with Crippen molar-refractivity contribution in [1.29, 1.82) is 0 Å². The number of morpholine rings is 1. The molecule has 1 unspecified atom stereocenters. The molecule has 8 nitrogen and oxygen atoms in total. The van der Waals surface area contributed by atoms with Gasteiger partial charge in [0, 0.05) is 45.3 Å². The van der Waals surface area contributed by atoms with Gasteiger partial charge in [0.2, 0.25) is 10.0 Å². The standard InChI is InChI=1S/C16H32N4O4S/c1-3-6-17-16(21)19-9-5-15(14-19)20(25(2,22)23)8-4-7-18-10-12-24-13-11-18/h15H,3-14H2,1-2H3,(H,17,21). The molecule has 1 atom stereocenters. The summed E-state index contributed by atoms with van der Waals surface area (Å²) in [5, 5.41) is 2.86. The SMILES string of the molecule is CCCNC(=O)N1CCC(N(CCCN2CCOCC2)S(C)(=O)=O)C1. The van der Waals surface area contributed by atoms with E-state index >= 15 is 0 Å². The van der Waals surface area contributed by atoms with Crippen LogP contribution in [0.2, 0.25) is 0 Å². The highest BCUT2D eigenvalue weighted by molar-refractivity contribution is 7.88. The second-order valence-corrected chi connectivity index (χ2v) is 8.74. The molecule has 0 aliphatic carbocycles. The van der Waals surface area contributed by atoms with Crippen molar-refractivity contribution in [3.8, 4) is 0 Å². The smallest absolute Gasteiger partial charge is 0.317 e. The molecule has 0 bridgehead atoms. The fourth-order valence-corrected chi connectivity index (χ4v) is 4.57. The van der Waals surface area contributed by atoms with Crippen molar-refractivity contribution in [3.05, 3.63) is 0 Å². The molecule has 9 heteroatoms. The van der Waals surface area contributed by atoms with Crippen molar-refractivity contribution < 1.29 is 17.9 Å². The van der Waals surface area contributed by atoms with Gasteiger partial charge in [-0.1, -0.05) is 6.92 Å². The molecule has 146 valence electrons. The minimum absolute atomic E-state index is 0.0916. The zero-order valence-electron chi connectivity index (χ0n) is 15.4. The summed E-state index contributed by atoms with van der Waals surface area (Å²) in [6, 6.07) is -0.210. The van der Waals surface area contributed by atoms with Crippen LogP contribution in [-0.4, -0.2) is 99.9 Å². The summed E-state index contributed by atoms with van der Waals surface area (Å²) in [4.78, 5) is 16.1. The van der Waals surface area contributed by atoms with Crippen molar-refractivity contribution in [3.63, 3.8) is 0 Å². The summed E-state index contributed by atoms with van der Waals surface area (Å²) in [7, 11) is -3.29. The maximum Gasteiger partial charge on any atom is 0.317 e. The molecular formula is C16H32N4O4S. The summed E-state index contributed by atoms with van der Waals surface area (Å²) in [6.45, 7) is 8.44. The van der Waals surface area contributed by atoms with Gasteiger partial charge in [-0.3, -0.25) is 4.90 Å². The van der Waals surface area contributed by atoms with Gasteiger partial charge in [-0.05, 0) is 25.8 Å². The molecule has 0 radical (unpaired) electrons. The monoisotopic (exact) mass is 376 g/mol. The van der Waals surface area contributed by atoms with E-state index in [1.54, 1.807) is 9.21 Å². The maximum absolute atomic E-state index is 12.2. The Bertz CT molecular complexity index is 522. The Balaban J connectivity index is 1.84. The van der Waals surface area contributed by atoms with Crippen LogP contribution >= 0.6 is 0 Å². The molecule has 2 amide bonds. The van der Waals surface area contributed by atoms with Crippen LogP contribution in [0.5, 0.6) is 0 Å². The normalized spacial score (nSPS) is 22.5. The van der Waals surface area contributed by atoms with Crippen LogP contribution in [0.3, 0.4) is 0 Å². The molecule has 2 heterocycles. The maximum atomic E-state index is 12.2. The van der Waals surface area contributed by atoms with Gasteiger partial charge in [-0.2, -0.15) is 4.31 Å². The summed E-state index contributed by atoms with van der Waals surface area (Å²) < 4.78 is 31.4. The van der Waals surface area contributed by atoms with Gasteiger partial charge < -0.3 is 15.0 Å². The summed E-state index contributed by atoms with van der Waals surface area (Å²) >= 11 is 0. The van der Waals surface area contributed by atoms with Crippen LogP contribution in [0.4, 0.5) is 4.79 Å². The first-order valence-corrected chi connectivity index (χ1v) is 11.1. The molecule has 25 heavy (non-hydrogen) atoms. The predicted octanol–water partition coefficient (Wildman–Crippen LogP) is 0.164. The van der Waals surface area contributed by atoms with Gasteiger partial charge in [-0.25, -0.2) is 13.2 Å². The molecule has 2 fully saturated rings. The van der Waals surface area contributed by atoms with Gasteiger partial charge in [0.05, 0.1) is 19.5 Å². The number of nitrogens with zero attached hydrogens (tertiary/aromatic N) is 3. The molecule has 0 aromatic rings. The third-order valence-corrected chi connectivity index (χ3v) is 6.10. The number of sulfonamides is 1. The third-order valence-electron chi connectivity index (χ3n) is 4.77. The molecule has 2 saturated heterocycles. The lowest BCUT2D eigenvalue weighted by molar-refractivity contribution is 0.0366. The molecule has 0 spiro atoms. The van der Waals surface area contributed by atoms with Gasteiger partial charge in [0.1, 0.15) is 0 Å². The van der Waals surface area contributed by atoms with Crippen LogP contribution in [0, 0.1) is 0 Å². The van der Waals surface area contributed by atoms with Crippen LogP contribution in [0.25, 0.3) is 0 Å². The number of rotatable bonds is 8. The zero-order chi connectivity index (χ0) is 18.3. The lowest BCUT2D eigenvalue weighted by Crippen LogP contribution is -2.45. The molecule has 0 aromatic carbocycles. The molecule has 1 N–H and O–H groups in total. The Morgan fingerprint density at radius 3 is 2.64 bits per heavy atom. The second-order valence-electron chi connectivity index (χ2n) is 6.80. The fraction of sp³-hybridized carbons (Fsp3) is 0.938. The van der Waals surface area contributed by atoms with Gasteiger partial charge in [0.15, 0.2) is 0 Å². The van der Waals surface area contributed by atoms with Gasteiger partial charge in [-0.15, -0.1) is 0 Å². The van der Waals surface area contributed by atoms with E-state index in [4.69, 9.17) is 4.74 Å². The summed E-state index contributed by atoms with van der Waals surface area (Å²) in [5.74, 6) is 0. The second kappa shape index (κ2) is 9.70. The third kappa shape index (κ3) is 6.40. The first kappa shape index (κ1) is 20.4. The highest BCUT2D eigenvalue weighted by Gasteiger charge is 2.34. The van der Waals surface area contributed by atoms with Crippen molar-refractivity contribution in [1.82, 2.24) is 19.4 Å². The summed E-state index contributed by atoms with van der Waals surface area (Å²) in [6.07, 6.45) is 3.65. The number of hydrogen-bond donors (Lipinski definition) is 1. The van der Waals surface area contributed by atoms with E-state index in [2.05, 4.69) is 10.2 Å². The Hall–Kier alpha value is -0.900. The number of hydrogen-bond acceptors (Lipinski definition) is 5. The Kier molecular flexibility index (Phi) is 7.92. The number of nitrogens with one attached hydrogen (secondary N) is 1. The van der Waals surface area contributed by atoms with Crippen LogP contribution in [-0.2, 0) is 14.8 Å². The van der Waals surface area contributed by atoms with Crippen LogP contribution < -0.4 is 5.32 Å². The summed E-state index contributed by atoms with van der Waals surface area (Å²) in [5.41, 5.74) is 0. The molecule has 2 aliphatic heterocycles. The topological polar surface area (TPSA) is 82.2 Å². The fourth-order valence-electron chi connectivity index (χ4n) is 3.40. The van der Waals surface area contributed by atoms with E-state index in [9.17, 15) is 13.2 Å². The average Bonchev–Trinajstić information content (AvgIpc) is 3.06. The minimum atomic E-state index is -3.29. The number of ether oxygens (including phenoxy) is 1. The Morgan fingerprint density at radius 1 is 1.28 bits per heavy atom. The molecule has 0 aromatic heterocycles. The molecule has 2 aliphatic rings. The van der Waals surface area contributed by atoms with Crippen LogP contribution in [0.1, 0.15) is 26.2 Å². The average molecular weight is 377 g/mol.